The van der Waals surface area contributed by atoms with E-state index in [-0.39, 0.29) is 6.42 Å². The number of nitrogens with zero attached hydrogens (tertiary/aromatic N) is 1. The Morgan fingerprint density at radius 2 is 1.70 bits per heavy atom. The van der Waals surface area contributed by atoms with Crippen molar-refractivity contribution < 1.29 is 23.9 Å². The van der Waals surface area contributed by atoms with Gasteiger partial charge in [0, 0.05) is 0 Å². The van der Waals surface area contributed by atoms with Crippen LogP contribution in [0, 0.1) is 0 Å². The van der Waals surface area contributed by atoms with E-state index in [4.69, 9.17) is 15.2 Å². The molecule has 1 aliphatic rings. The first kappa shape index (κ1) is 18.4. The molecule has 2 aromatic rings. The predicted octanol–water partition coefficient (Wildman–Crippen LogP) is 2.31. The molecule has 7 heteroatoms. The summed E-state index contributed by atoms with van der Waals surface area (Å²) < 4.78 is 10.8. The maximum atomic E-state index is 12.8. The van der Waals surface area contributed by atoms with Crippen LogP contribution in [-0.2, 0) is 4.79 Å². The highest BCUT2D eigenvalue weighted by atomic mass is 16.5. The first-order valence-corrected chi connectivity index (χ1v) is 8.53. The fourth-order valence-electron chi connectivity index (χ4n) is 3.21. The molecule has 1 atom stereocenters. The van der Waals surface area contributed by atoms with Gasteiger partial charge in [0.25, 0.3) is 11.8 Å². The van der Waals surface area contributed by atoms with Gasteiger partial charge < -0.3 is 15.2 Å². The van der Waals surface area contributed by atoms with Crippen molar-refractivity contribution in [3.63, 3.8) is 0 Å². The number of amides is 3. The van der Waals surface area contributed by atoms with Crippen molar-refractivity contribution in [3.05, 3.63) is 59.2 Å². The average molecular weight is 368 g/mol. The third kappa shape index (κ3) is 3.36. The first-order chi connectivity index (χ1) is 13.0. The number of methoxy groups -OCH3 is 1. The van der Waals surface area contributed by atoms with Crippen LogP contribution < -0.4 is 15.2 Å². The Hall–Kier alpha value is -3.35. The number of carbonyl (C=O) groups is 3. The Balaban J connectivity index is 2.06. The highest BCUT2D eigenvalue weighted by molar-refractivity contribution is 6.21. The molecule has 0 saturated carbocycles. The van der Waals surface area contributed by atoms with Gasteiger partial charge in [0.1, 0.15) is 0 Å². The molecule has 2 N–H and O–H groups in total. The summed E-state index contributed by atoms with van der Waals surface area (Å²) in [6.07, 6.45) is -0.191. The minimum Gasteiger partial charge on any atom is -0.493 e. The average Bonchev–Trinajstić information content (AvgIpc) is 2.91. The minimum atomic E-state index is -0.833. The van der Waals surface area contributed by atoms with Crippen molar-refractivity contribution >= 4 is 17.7 Å². The quantitative estimate of drug-likeness (QED) is 0.756. The van der Waals surface area contributed by atoms with Gasteiger partial charge in [0.15, 0.2) is 11.5 Å². The summed E-state index contributed by atoms with van der Waals surface area (Å²) in [5.41, 5.74) is 6.60. The number of hydrogen-bond donors (Lipinski definition) is 1. The topological polar surface area (TPSA) is 98.9 Å². The van der Waals surface area contributed by atoms with E-state index in [2.05, 4.69) is 0 Å². The number of carbonyl (C=O) groups excluding carboxylic acids is 3. The van der Waals surface area contributed by atoms with E-state index >= 15 is 0 Å². The van der Waals surface area contributed by atoms with E-state index in [1.165, 1.54) is 7.11 Å². The zero-order valence-corrected chi connectivity index (χ0v) is 15.1. The SMILES string of the molecule is CCOc1cc([C@@H](CC(N)=O)N2C(=O)c3ccccc3C2=O)ccc1OC. The number of fused-ring (bicyclic) bond motifs is 1. The molecule has 27 heavy (non-hydrogen) atoms. The van der Waals surface area contributed by atoms with Gasteiger partial charge in [-0.15, -0.1) is 0 Å². The molecular formula is C20H20N2O5. The van der Waals surface area contributed by atoms with Crippen molar-refractivity contribution in [1.82, 2.24) is 4.90 Å². The Morgan fingerprint density at radius 1 is 1.07 bits per heavy atom. The summed E-state index contributed by atoms with van der Waals surface area (Å²) in [5, 5.41) is 0. The Labute approximate surface area is 156 Å². The molecule has 0 saturated heterocycles. The van der Waals surface area contributed by atoms with E-state index in [9.17, 15) is 14.4 Å². The molecule has 0 unspecified atom stereocenters. The zero-order valence-electron chi connectivity index (χ0n) is 15.1. The lowest BCUT2D eigenvalue weighted by molar-refractivity contribution is -0.118. The van der Waals surface area contributed by atoms with Crippen LogP contribution in [0.2, 0.25) is 0 Å². The third-order valence-electron chi connectivity index (χ3n) is 4.40. The smallest absolute Gasteiger partial charge is 0.262 e. The number of imide groups is 1. The number of ether oxygens (including phenoxy) is 2. The molecule has 3 amide bonds. The molecule has 1 heterocycles. The van der Waals surface area contributed by atoms with Crippen molar-refractivity contribution in [2.45, 2.75) is 19.4 Å². The largest absolute Gasteiger partial charge is 0.493 e. The standard InChI is InChI=1S/C20H20N2O5/c1-3-27-17-10-12(8-9-16(17)26-2)15(11-18(21)23)22-19(24)13-6-4-5-7-14(13)20(22)25/h4-10,15H,3,11H2,1-2H3,(H2,21,23)/t15-/m1/s1. The molecule has 0 aliphatic carbocycles. The van der Waals surface area contributed by atoms with Crippen molar-refractivity contribution in [3.8, 4) is 11.5 Å². The van der Waals surface area contributed by atoms with E-state index < -0.39 is 23.8 Å². The summed E-state index contributed by atoms with van der Waals surface area (Å²) in [4.78, 5) is 38.4. The van der Waals surface area contributed by atoms with Crippen LogP contribution in [-0.4, -0.2) is 36.3 Å². The third-order valence-corrected chi connectivity index (χ3v) is 4.40. The van der Waals surface area contributed by atoms with Crippen LogP contribution in [0.5, 0.6) is 11.5 Å². The minimum absolute atomic E-state index is 0.191. The molecule has 0 bridgehead atoms. The molecule has 7 nitrogen and oxygen atoms in total. The van der Waals surface area contributed by atoms with E-state index in [1.807, 2.05) is 6.92 Å². The van der Waals surface area contributed by atoms with Gasteiger partial charge in [0.2, 0.25) is 5.91 Å². The summed E-state index contributed by atoms with van der Waals surface area (Å²) in [5.74, 6) is -0.541. The van der Waals surface area contributed by atoms with Crippen LogP contribution in [0.1, 0.15) is 45.7 Å². The summed E-state index contributed by atoms with van der Waals surface area (Å²) >= 11 is 0. The van der Waals surface area contributed by atoms with E-state index in [1.54, 1.807) is 42.5 Å². The van der Waals surface area contributed by atoms with Gasteiger partial charge in [-0.2, -0.15) is 0 Å². The summed E-state index contributed by atoms with van der Waals surface area (Å²) in [7, 11) is 1.52. The van der Waals surface area contributed by atoms with Crippen LogP contribution in [0.3, 0.4) is 0 Å². The Bertz CT molecular complexity index is 874. The van der Waals surface area contributed by atoms with Crippen LogP contribution in [0.15, 0.2) is 42.5 Å². The molecule has 140 valence electrons. The normalized spacial score (nSPS) is 14.1. The lowest BCUT2D eigenvalue weighted by Gasteiger charge is -2.26. The maximum absolute atomic E-state index is 12.8. The van der Waals surface area contributed by atoms with Gasteiger partial charge in [0.05, 0.1) is 37.3 Å². The molecular weight excluding hydrogens is 348 g/mol. The predicted molar refractivity (Wildman–Crippen MR) is 97.7 cm³/mol. The monoisotopic (exact) mass is 368 g/mol. The number of hydrogen-bond acceptors (Lipinski definition) is 5. The lowest BCUT2D eigenvalue weighted by atomic mass is 10.0. The lowest BCUT2D eigenvalue weighted by Crippen LogP contribution is -2.36. The van der Waals surface area contributed by atoms with Crippen molar-refractivity contribution in [2.75, 3.05) is 13.7 Å². The molecule has 3 rings (SSSR count). The number of nitrogens with two attached hydrogens (primary N) is 1. The molecule has 0 aromatic heterocycles. The number of primary amides is 1. The van der Waals surface area contributed by atoms with Crippen LogP contribution in [0.25, 0.3) is 0 Å². The van der Waals surface area contributed by atoms with Crippen molar-refractivity contribution in [1.29, 1.82) is 0 Å². The van der Waals surface area contributed by atoms with Gasteiger partial charge in [-0.1, -0.05) is 18.2 Å². The Morgan fingerprint density at radius 3 is 2.22 bits per heavy atom. The molecule has 2 aromatic carbocycles. The second kappa shape index (κ2) is 7.49. The summed E-state index contributed by atoms with van der Waals surface area (Å²) in [6.45, 7) is 2.24. The van der Waals surface area contributed by atoms with E-state index in [0.29, 0.717) is 34.8 Å². The van der Waals surface area contributed by atoms with Gasteiger partial charge in [-0.3, -0.25) is 19.3 Å². The second-order valence-electron chi connectivity index (χ2n) is 6.06. The van der Waals surface area contributed by atoms with Crippen molar-refractivity contribution in [2.24, 2.45) is 5.73 Å². The van der Waals surface area contributed by atoms with Gasteiger partial charge >= 0.3 is 0 Å². The first-order valence-electron chi connectivity index (χ1n) is 8.53. The molecule has 0 radical (unpaired) electrons. The van der Waals surface area contributed by atoms with Crippen LogP contribution in [0.4, 0.5) is 0 Å². The number of rotatable bonds is 7. The summed E-state index contributed by atoms with van der Waals surface area (Å²) in [6, 6.07) is 10.8. The highest BCUT2D eigenvalue weighted by Gasteiger charge is 2.41. The fraction of sp³-hybridized carbons (Fsp3) is 0.250. The number of benzene rings is 2. The van der Waals surface area contributed by atoms with Gasteiger partial charge in [-0.05, 0) is 36.8 Å². The van der Waals surface area contributed by atoms with Crippen LogP contribution >= 0.6 is 0 Å². The second-order valence-corrected chi connectivity index (χ2v) is 6.06. The fourth-order valence-corrected chi connectivity index (χ4v) is 3.21. The Kier molecular flexibility index (Phi) is 5.12. The molecule has 0 fully saturated rings. The maximum Gasteiger partial charge on any atom is 0.262 e. The molecule has 1 aliphatic heterocycles. The molecule has 0 spiro atoms. The highest BCUT2D eigenvalue weighted by Crippen LogP contribution is 2.37. The van der Waals surface area contributed by atoms with E-state index in [0.717, 1.165) is 4.90 Å². The zero-order chi connectivity index (χ0) is 19.6. The van der Waals surface area contributed by atoms with Gasteiger partial charge in [-0.25, -0.2) is 0 Å².